The molecule has 0 saturated carbocycles. The average molecular weight is 175 g/mol. The van der Waals surface area contributed by atoms with Crippen molar-refractivity contribution in [3.8, 4) is 6.07 Å². The van der Waals surface area contributed by atoms with Gasteiger partial charge >= 0.3 is 0 Å². The number of nitrogens with two attached hydrogens (primary N) is 1. The molecule has 0 aliphatic heterocycles. The van der Waals surface area contributed by atoms with Crippen LogP contribution in [0.15, 0.2) is 29.4 Å². The highest BCUT2D eigenvalue weighted by molar-refractivity contribution is 6.12. The molecule has 0 radical (unpaired) electrons. The number of benzene rings is 1. The highest BCUT2D eigenvalue weighted by Crippen LogP contribution is 2.08. The zero-order valence-corrected chi connectivity index (χ0v) is 6.94. The molecule has 13 heavy (non-hydrogen) atoms. The Bertz CT molecular complexity index is 365. The van der Waals surface area contributed by atoms with E-state index in [1.165, 1.54) is 0 Å². The summed E-state index contributed by atoms with van der Waals surface area (Å²) in [6.45, 7) is 0.316. The van der Waals surface area contributed by atoms with E-state index >= 15 is 0 Å². The molecule has 0 aliphatic rings. The van der Waals surface area contributed by atoms with Gasteiger partial charge in [-0.3, -0.25) is 0 Å². The van der Waals surface area contributed by atoms with Crippen LogP contribution in [0.4, 0.5) is 0 Å². The number of nitrogens with zero attached hydrogens (tertiary/aromatic N) is 2. The van der Waals surface area contributed by atoms with Gasteiger partial charge in [0.1, 0.15) is 6.07 Å². The largest absolute Gasteiger partial charge is 0.410 e. The van der Waals surface area contributed by atoms with Crippen LogP contribution in [0.1, 0.15) is 11.1 Å². The Morgan fingerprint density at radius 2 is 2.23 bits per heavy atom. The van der Waals surface area contributed by atoms with Crippen molar-refractivity contribution in [2.45, 2.75) is 6.54 Å². The maximum Gasteiger partial charge on any atom is 0.187 e. The molecule has 1 aromatic carbocycles. The van der Waals surface area contributed by atoms with E-state index < -0.39 is 0 Å². The minimum Gasteiger partial charge on any atom is -0.410 e. The summed E-state index contributed by atoms with van der Waals surface area (Å²) >= 11 is 0. The number of hydrogen-bond acceptors (Lipinski definition) is 4. The molecule has 0 aliphatic carbocycles. The zero-order chi connectivity index (χ0) is 9.68. The van der Waals surface area contributed by atoms with Crippen molar-refractivity contribution in [2.75, 3.05) is 0 Å². The quantitative estimate of drug-likeness (QED) is 0.397. The van der Waals surface area contributed by atoms with Gasteiger partial charge in [-0.1, -0.05) is 29.4 Å². The lowest BCUT2D eigenvalue weighted by atomic mass is 10.0. The van der Waals surface area contributed by atoms with E-state index in [-0.39, 0.29) is 5.71 Å². The third-order valence-electron chi connectivity index (χ3n) is 1.70. The van der Waals surface area contributed by atoms with Crippen LogP contribution < -0.4 is 5.73 Å². The second kappa shape index (κ2) is 4.24. The van der Waals surface area contributed by atoms with Crippen LogP contribution in [0.3, 0.4) is 0 Å². The van der Waals surface area contributed by atoms with Gasteiger partial charge in [-0.25, -0.2) is 0 Å². The third kappa shape index (κ3) is 1.83. The maximum atomic E-state index is 8.62. The van der Waals surface area contributed by atoms with Gasteiger partial charge < -0.3 is 10.9 Å². The molecule has 1 rings (SSSR count). The van der Waals surface area contributed by atoms with Crippen molar-refractivity contribution in [3.63, 3.8) is 0 Å². The van der Waals surface area contributed by atoms with Crippen molar-refractivity contribution in [2.24, 2.45) is 10.9 Å². The second-order valence-corrected chi connectivity index (χ2v) is 2.42. The van der Waals surface area contributed by atoms with Crippen molar-refractivity contribution >= 4 is 5.71 Å². The van der Waals surface area contributed by atoms with Gasteiger partial charge in [0.05, 0.1) is 0 Å². The summed E-state index contributed by atoms with van der Waals surface area (Å²) in [7, 11) is 0. The summed E-state index contributed by atoms with van der Waals surface area (Å²) in [6, 6.07) is 8.85. The predicted octanol–water partition coefficient (Wildman–Crippen LogP) is 0.847. The molecule has 0 saturated heterocycles. The van der Waals surface area contributed by atoms with E-state index in [0.717, 1.165) is 5.56 Å². The van der Waals surface area contributed by atoms with Gasteiger partial charge in [-0.05, 0) is 5.56 Å². The molecule has 4 heteroatoms. The van der Waals surface area contributed by atoms with E-state index in [1.807, 2.05) is 6.07 Å². The minimum atomic E-state index is -0.0129. The summed E-state index contributed by atoms with van der Waals surface area (Å²) in [5.41, 5.74) is 6.81. The van der Waals surface area contributed by atoms with Crippen LogP contribution in [0.25, 0.3) is 0 Å². The number of oxime groups is 1. The van der Waals surface area contributed by atoms with Crippen molar-refractivity contribution in [1.82, 2.24) is 0 Å². The van der Waals surface area contributed by atoms with Gasteiger partial charge in [0.2, 0.25) is 0 Å². The fraction of sp³-hybridized carbons (Fsp3) is 0.111. The first kappa shape index (κ1) is 9.23. The van der Waals surface area contributed by atoms with Crippen molar-refractivity contribution in [3.05, 3.63) is 35.4 Å². The predicted molar refractivity (Wildman–Crippen MR) is 48.3 cm³/mol. The Labute approximate surface area is 75.9 Å². The van der Waals surface area contributed by atoms with E-state index in [4.69, 9.17) is 16.2 Å². The second-order valence-electron chi connectivity index (χ2n) is 2.42. The van der Waals surface area contributed by atoms with E-state index in [0.29, 0.717) is 12.1 Å². The molecule has 0 atom stereocenters. The molecule has 1 aromatic rings. The number of hydrogen-bond donors (Lipinski definition) is 2. The lowest BCUT2D eigenvalue weighted by Gasteiger charge is -2.02. The lowest BCUT2D eigenvalue weighted by Crippen LogP contribution is -2.06. The van der Waals surface area contributed by atoms with E-state index in [1.54, 1.807) is 24.3 Å². The monoisotopic (exact) mass is 175 g/mol. The fourth-order valence-corrected chi connectivity index (χ4v) is 1.07. The van der Waals surface area contributed by atoms with Crippen molar-refractivity contribution < 1.29 is 5.21 Å². The van der Waals surface area contributed by atoms with Crippen LogP contribution in [0, 0.1) is 11.3 Å². The smallest absolute Gasteiger partial charge is 0.187 e. The highest BCUT2D eigenvalue weighted by Gasteiger charge is 2.06. The first-order valence-corrected chi connectivity index (χ1v) is 3.74. The SMILES string of the molecule is N#CC(=NO)c1ccccc1CN. The number of nitriles is 1. The molecule has 0 heterocycles. The van der Waals surface area contributed by atoms with Gasteiger partial charge in [0, 0.05) is 12.1 Å². The van der Waals surface area contributed by atoms with E-state index in [2.05, 4.69) is 5.16 Å². The fourth-order valence-electron chi connectivity index (χ4n) is 1.07. The normalized spacial score (nSPS) is 10.9. The molecule has 0 bridgehead atoms. The Kier molecular flexibility index (Phi) is 3.01. The summed E-state index contributed by atoms with van der Waals surface area (Å²) in [5.74, 6) is 0. The molecular formula is C9H9N3O. The Morgan fingerprint density at radius 1 is 1.54 bits per heavy atom. The Morgan fingerprint density at radius 3 is 2.77 bits per heavy atom. The van der Waals surface area contributed by atoms with Gasteiger partial charge in [-0.2, -0.15) is 5.26 Å². The third-order valence-corrected chi connectivity index (χ3v) is 1.70. The zero-order valence-electron chi connectivity index (χ0n) is 6.94. The topological polar surface area (TPSA) is 82.4 Å². The molecule has 66 valence electrons. The van der Waals surface area contributed by atoms with Crippen LogP contribution in [0.5, 0.6) is 0 Å². The summed E-state index contributed by atoms with van der Waals surface area (Å²) in [5, 5.41) is 20.0. The van der Waals surface area contributed by atoms with Crippen LogP contribution >= 0.6 is 0 Å². The van der Waals surface area contributed by atoms with Crippen molar-refractivity contribution in [1.29, 1.82) is 5.26 Å². The molecule has 0 fully saturated rings. The first-order chi connectivity index (χ1) is 6.33. The molecule has 3 N–H and O–H groups in total. The van der Waals surface area contributed by atoms with Gasteiger partial charge in [0.15, 0.2) is 5.71 Å². The molecule has 0 aromatic heterocycles. The molecule has 0 unspecified atom stereocenters. The lowest BCUT2D eigenvalue weighted by molar-refractivity contribution is 0.320. The summed E-state index contributed by atoms with van der Waals surface area (Å²) < 4.78 is 0. The van der Waals surface area contributed by atoms with Gasteiger partial charge in [-0.15, -0.1) is 0 Å². The standard InChI is InChI=1S/C9H9N3O/c10-5-7-3-1-2-4-8(7)9(6-11)12-13/h1-4,13H,5,10H2. The molecule has 0 spiro atoms. The minimum absolute atomic E-state index is 0.0129. The number of rotatable bonds is 2. The highest BCUT2D eigenvalue weighted by atomic mass is 16.4. The molecular weight excluding hydrogens is 166 g/mol. The maximum absolute atomic E-state index is 8.62. The summed E-state index contributed by atoms with van der Waals surface area (Å²) in [4.78, 5) is 0. The van der Waals surface area contributed by atoms with Crippen LogP contribution in [0.2, 0.25) is 0 Å². The average Bonchev–Trinajstić information content (AvgIpc) is 2.20. The van der Waals surface area contributed by atoms with Crippen LogP contribution in [-0.4, -0.2) is 10.9 Å². The Hall–Kier alpha value is -1.86. The molecule has 4 nitrogen and oxygen atoms in total. The van der Waals surface area contributed by atoms with Gasteiger partial charge in [0.25, 0.3) is 0 Å². The summed E-state index contributed by atoms with van der Waals surface area (Å²) in [6.07, 6.45) is 0. The van der Waals surface area contributed by atoms with E-state index in [9.17, 15) is 0 Å². The Balaban J connectivity index is 3.22. The first-order valence-electron chi connectivity index (χ1n) is 3.74. The molecule has 0 amide bonds. The van der Waals surface area contributed by atoms with Crippen LogP contribution in [-0.2, 0) is 6.54 Å².